The molecule has 0 bridgehead atoms. The van der Waals surface area contributed by atoms with Crippen molar-refractivity contribution in [1.82, 2.24) is 19.9 Å². The number of anilines is 2. The van der Waals surface area contributed by atoms with E-state index in [9.17, 15) is 0 Å². The third kappa shape index (κ3) is 3.54. The van der Waals surface area contributed by atoms with Gasteiger partial charge in [0.15, 0.2) is 0 Å². The summed E-state index contributed by atoms with van der Waals surface area (Å²) >= 11 is 1.37. The Hall–Kier alpha value is -1.89. The molecule has 2 heterocycles. The van der Waals surface area contributed by atoms with Crippen LogP contribution in [0.5, 0.6) is 0 Å². The van der Waals surface area contributed by atoms with Gasteiger partial charge in [0.1, 0.15) is 5.03 Å². The maximum Gasteiger partial charge on any atom is 0.231 e. The fraction of sp³-hybridized carbons (Fsp3) is 0.333. The first-order valence-electron chi connectivity index (χ1n) is 6.08. The first-order chi connectivity index (χ1) is 9.22. The molecule has 0 spiro atoms. The van der Waals surface area contributed by atoms with Crippen molar-refractivity contribution in [3.8, 4) is 0 Å². The van der Waals surface area contributed by atoms with E-state index < -0.39 is 0 Å². The second-order valence-electron chi connectivity index (χ2n) is 3.72. The van der Waals surface area contributed by atoms with E-state index in [-0.39, 0.29) is 5.95 Å². The highest BCUT2D eigenvalue weighted by molar-refractivity contribution is 7.99. The molecule has 0 aliphatic carbocycles. The molecule has 0 fully saturated rings. The minimum absolute atomic E-state index is 0.232. The van der Waals surface area contributed by atoms with Gasteiger partial charge >= 0.3 is 0 Å². The molecule has 2 aromatic rings. The summed E-state index contributed by atoms with van der Waals surface area (Å²) in [6.07, 6.45) is 1.73. The summed E-state index contributed by atoms with van der Waals surface area (Å²) in [5.74, 6) is 0.839. The Morgan fingerprint density at radius 3 is 2.58 bits per heavy atom. The summed E-state index contributed by atoms with van der Waals surface area (Å²) in [4.78, 5) is 19.0. The van der Waals surface area contributed by atoms with Gasteiger partial charge < -0.3 is 10.6 Å². The van der Waals surface area contributed by atoms with Gasteiger partial charge in [-0.15, -0.1) is 0 Å². The van der Waals surface area contributed by atoms with Gasteiger partial charge in [0.05, 0.1) is 0 Å². The lowest BCUT2D eigenvalue weighted by atomic mass is 10.5. The predicted octanol–water partition coefficient (Wildman–Crippen LogP) is 1.85. The summed E-state index contributed by atoms with van der Waals surface area (Å²) in [7, 11) is 0. The van der Waals surface area contributed by atoms with E-state index in [1.165, 1.54) is 11.8 Å². The zero-order valence-electron chi connectivity index (χ0n) is 10.9. The van der Waals surface area contributed by atoms with Crippen LogP contribution < -0.4 is 10.6 Å². The number of nitrogens with two attached hydrogens (primary N) is 1. The van der Waals surface area contributed by atoms with Crippen LogP contribution in [0.25, 0.3) is 0 Å². The van der Waals surface area contributed by atoms with E-state index >= 15 is 0 Å². The molecule has 0 atom stereocenters. The molecule has 7 heteroatoms. The zero-order valence-corrected chi connectivity index (χ0v) is 11.8. The van der Waals surface area contributed by atoms with Crippen LogP contribution in [0.3, 0.4) is 0 Å². The first kappa shape index (κ1) is 13.5. The second-order valence-corrected chi connectivity index (χ2v) is 4.71. The van der Waals surface area contributed by atoms with Crippen molar-refractivity contribution in [1.29, 1.82) is 0 Å². The molecule has 0 aromatic carbocycles. The van der Waals surface area contributed by atoms with Crippen LogP contribution in [0.15, 0.2) is 34.6 Å². The van der Waals surface area contributed by atoms with Gasteiger partial charge in [-0.1, -0.05) is 6.07 Å². The van der Waals surface area contributed by atoms with E-state index in [1.807, 2.05) is 23.1 Å². The second kappa shape index (κ2) is 6.33. The third-order valence-electron chi connectivity index (χ3n) is 2.50. The molecule has 0 amide bonds. The summed E-state index contributed by atoms with van der Waals surface area (Å²) in [5.41, 5.74) is 5.74. The van der Waals surface area contributed by atoms with Gasteiger partial charge in [0.25, 0.3) is 0 Å². The lowest BCUT2D eigenvalue weighted by Gasteiger charge is -2.18. The van der Waals surface area contributed by atoms with Gasteiger partial charge in [-0.3, -0.25) is 0 Å². The number of hydrogen-bond acceptors (Lipinski definition) is 7. The average Bonchev–Trinajstić information content (AvgIpc) is 2.40. The highest BCUT2D eigenvalue weighted by atomic mass is 32.2. The Labute approximate surface area is 116 Å². The standard InChI is InChI=1S/C12H16N6S/c1-3-18(4-2)11-15-10(13)16-12(17-11)19-9-7-5-6-8-14-9/h5-8H,3-4H2,1-2H3,(H2,13,15,16,17). The largest absolute Gasteiger partial charge is 0.368 e. The molecular weight excluding hydrogens is 260 g/mol. The van der Waals surface area contributed by atoms with Crippen LogP contribution in [-0.4, -0.2) is 33.0 Å². The first-order valence-corrected chi connectivity index (χ1v) is 6.90. The number of nitrogens with zero attached hydrogens (tertiary/aromatic N) is 5. The number of pyridine rings is 1. The van der Waals surface area contributed by atoms with E-state index in [4.69, 9.17) is 5.73 Å². The molecular formula is C12H16N6S. The molecule has 2 rings (SSSR count). The lowest BCUT2D eigenvalue weighted by molar-refractivity contribution is 0.786. The number of nitrogen functional groups attached to an aromatic ring is 1. The van der Waals surface area contributed by atoms with Crippen molar-refractivity contribution in [2.45, 2.75) is 24.0 Å². The van der Waals surface area contributed by atoms with Gasteiger partial charge in [-0.05, 0) is 37.7 Å². The van der Waals surface area contributed by atoms with Gasteiger partial charge in [0.2, 0.25) is 17.1 Å². The summed E-state index contributed by atoms with van der Waals surface area (Å²) < 4.78 is 0. The van der Waals surface area contributed by atoms with Crippen LogP contribution >= 0.6 is 11.8 Å². The van der Waals surface area contributed by atoms with E-state index in [2.05, 4.69) is 33.8 Å². The average molecular weight is 276 g/mol. The molecule has 0 aliphatic rings. The Balaban J connectivity index is 2.26. The van der Waals surface area contributed by atoms with E-state index in [1.54, 1.807) is 6.20 Å². The highest BCUT2D eigenvalue weighted by Crippen LogP contribution is 2.23. The fourth-order valence-corrected chi connectivity index (χ4v) is 2.27. The van der Waals surface area contributed by atoms with Crippen LogP contribution in [0.2, 0.25) is 0 Å². The maximum absolute atomic E-state index is 5.74. The molecule has 100 valence electrons. The Morgan fingerprint density at radius 2 is 1.95 bits per heavy atom. The predicted molar refractivity (Wildman–Crippen MR) is 76.2 cm³/mol. The zero-order chi connectivity index (χ0) is 13.7. The molecule has 2 aromatic heterocycles. The van der Waals surface area contributed by atoms with Gasteiger partial charge in [-0.25, -0.2) is 4.98 Å². The monoisotopic (exact) mass is 276 g/mol. The van der Waals surface area contributed by atoms with Crippen molar-refractivity contribution >= 4 is 23.7 Å². The van der Waals surface area contributed by atoms with Crippen LogP contribution in [0, 0.1) is 0 Å². The number of hydrogen-bond donors (Lipinski definition) is 1. The minimum Gasteiger partial charge on any atom is -0.368 e. The summed E-state index contributed by atoms with van der Waals surface area (Å²) in [6, 6.07) is 5.69. The van der Waals surface area contributed by atoms with Gasteiger partial charge in [0, 0.05) is 19.3 Å². The normalized spacial score (nSPS) is 10.4. The third-order valence-corrected chi connectivity index (χ3v) is 3.32. The minimum atomic E-state index is 0.232. The van der Waals surface area contributed by atoms with Crippen molar-refractivity contribution < 1.29 is 0 Å². The molecule has 2 N–H and O–H groups in total. The van der Waals surface area contributed by atoms with Crippen molar-refractivity contribution in [3.63, 3.8) is 0 Å². The Kier molecular flexibility index (Phi) is 4.51. The molecule has 0 radical (unpaired) electrons. The summed E-state index contributed by atoms with van der Waals surface area (Å²) in [5, 5.41) is 1.40. The molecule has 0 saturated heterocycles. The molecule has 19 heavy (non-hydrogen) atoms. The SMILES string of the molecule is CCN(CC)c1nc(N)nc(Sc2ccccn2)n1. The van der Waals surface area contributed by atoms with Crippen molar-refractivity contribution in [3.05, 3.63) is 24.4 Å². The quantitative estimate of drug-likeness (QED) is 0.892. The van der Waals surface area contributed by atoms with Gasteiger partial charge in [-0.2, -0.15) is 15.0 Å². The van der Waals surface area contributed by atoms with E-state index in [0.717, 1.165) is 18.1 Å². The maximum atomic E-state index is 5.74. The smallest absolute Gasteiger partial charge is 0.231 e. The Bertz CT molecular complexity index is 529. The molecule has 0 saturated carbocycles. The Morgan fingerprint density at radius 1 is 1.16 bits per heavy atom. The van der Waals surface area contributed by atoms with Crippen LogP contribution in [0.4, 0.5) is 11.9 Å². The molecule has 6 nitrogen and oxygen atoms in total. The van der Waals surface area contributed by atoms with Crippen molar-refractivity contribution in [2.75, 3.05) is 23.7 Å². The highest BCUT2D eigenvalue weighted by Gasteiger charge is 2.10. The molecule has 0 aliphatic heterocycles. The molecule has 0 unspecified atom stereocenters. The van der Waals surface area contributed by atoms with Crippen LogP contribution in [-0.2, 0) is 0 Å². The fourth-order valence-electron chi connectivity index (χ4n) is 1.56. The van der Waals surface area contributed by atoms with Crippen molar-refractivity contribution in [2.24, 2.45) is 0 Å². The number of rotatable bonds is 5. The van der Waals surface area contributed by atoms with Crippen LogP contribution in [0.1, 0.15) is 13.8 Å². The summed E-state index contributed by atoms with van der Waals surface area (Å²) in [6.45, 7) is 5.76. The lowest BCUT2D eigenvalue weighted by Crippen LogP contribution is -2.25. The number of aromatic nitrogens is 4. The topological polar surface area (TPSA) is 80.8 Å². The van der Waals surface area contributed by atoms with E-state index in [0.29, 0.717) is 11.1 Å².